The molecule has 8 fully saturated rings. The fourth-order valence-electron chi connectivity index (χ4n) is 17.4. The molecule has 352 valence electrons. The number of esters is 2. The van der Waals surface area contributed by atoms with E-state index in [0.717, 1.165) is 64.2 Å². The van der Waals surface area contributed by atoms with Gasteiger partial charge in [0, 0.05) is 30.5 Å². The van der Waals surface area contributed by atoms with Gasteiger partial charge in [0.1, 0.15) is 6.10 Å². The van der Waals surface area contributed by atoms with Gasteiger partial charge in [-0.3, -0.25) is 24.0 Å². The zero-order chi connectivity index (χ0) is 46.0. The number of carbonyl (C=O) groups excluding carboxylic acids is 4. The molecular weight excluding hydrogens is 793 g/mol. The molecule has 10 nitrogen and oxygen atoms in total. The summed E-state index contributed by atoms with van der Waals surface area (Å²) in [5, 5.41) is 13.3. The molecule has 8 rings (SSSR count). The molecule has 14 atom stereocenters. The minimum Gasteiger partial charge on any atom is -0.481 e. The molecule has 1 aliphatic heterocycles. The normalized spacial score (nSPS) is 44.5. The number of allylic oxidation sites excluding steroid dienone is 1. The average Bonchev–Trinajstić information content (AvgIpc) is 3.61. The Kier molecular flexibility index (Phi) is 11.5. The number of carbonyl (C=O) groups is 5. The van der Waals surface area contributed by atoms with Crippen LogP contribution in [0.3, 0.4) is 0 Å². The summed E-state index contributed by atoms with van der Waals surface area (Å²) < 4.78 is 11.7. The SMILES string of the molecule is C=C(C)[C@@H]1CC[C@]2(C(=O)N[C@H]3C[C@@H](C(=O)N4CCC(C(=O)OCC)CC4)C3(C)C)CC[C@]3(C)[C@H](CC[C@@H]4[C@@]5(C)CC[C@H](OC(=O)[C@H]6C[C@@H](C(=O)O)C6(C)C)C(C)(C)[C@@H]5CC[C@]43C)[C@@H]12. The number of hydrogen-bond donors (Lipinski definition) is 2. The Balaban J connectivity index is 0.964. The molecule has 63 heavy (non-hydrogen) atoms. The molecule has 0 radical (unpaired) electrons. The standard InChI is InChI=1S/C53H82N2O8/c1-13-62-44(59)31-19-26-55(27-20-31)42(56)34-29-39(48(34,6)7)54-46(61)53-23-16-32(30(2)3)41(53)33-14-15-38-50(10)21-18-40(63-45(60)36-28-35(43(57)58)47(36,4)5)49(8,9)37(50)17-22-52(38,12)51(33,11)24-25-53/h31-41H,2,13-29H2,1,3-12H3,(H,54,61)(H,57,58)/t32-,33+,34-,35-,36+,37-,38+,39-,40-,41+,50-,51+,52+,53-/m0/s1. The Morgan fingerprint density at radius 3 is 1.98 bits per heavy atom. The topological polar surface area (TPSA) is 139 Å². The average molecular weight is 875 g/mol. The van der Waals surface area contributed by atoms with Crippen LogP contribution in [0.4, 0.5) is 0 Å². The first kappa shape index (κ1) is 46.6. The first-order valence-electron chi connectivity index (χ1n) is 25.2. The number of carboxylic acids is 1. The van der Waals surface area contributed by atoms with E-state index >= 15 is 4.79 Å². The van der Waals surface area contributed by atoms with E-state index in [4.69, 9.17) is 9.47 Å². The summed E-state index contributed by atoms with van der Waals surface area (Å²) in [7, 11) is 0. The summed E-state index contributed by atoms with van der Waals surface area (Å²) in [6.07, 6.45) is 12.2. The second-order valence-electron chi connectivity index (χ2n) is 25.1. The van der Waals surface area contributed by atoms with E-state index in [-0.39, 0.29) is 86.6 Å². The number of amides is 2. The van der Waals surface area contributed by atoms with Gasteiger partial charge in [-0.15, -0.1) is 0 Å². The van der Waals surface area contributed by atoms with Crippen LogP contribution in [0.1, 0.15) is 166 Å². The van der Waals surface area contributed by atoms with Crippen molar-refractivity contribution >= 4 is 29.7 Å². The monoisotopic (exact) mass is 875 g/mol. The molecule has 0 unspecified atom stereocenters. The van der Waals surface area contributed by atoms with Gasteiger partial charge in [0.2, 0.25) is 11.8 Å². The lowest BCUT2D eigenvalue weighted by atomic mass is 9.32. The molecule has 2 N–H and O–H groups in total. The van der Waals surface area contributed by atoms with Crippen LogP contribution >= 0.6 is 0 Å². The van der Waals surface area contributed by atoms with Gasteiger partial charge in [0.25, 0.3) is 0 Å². The number of fused-ring (bicyclic) bond motifs is 7. The Morgan fingerprint density at radius 1 is 0.698 bits per heavy atom. The van der Waals surface area contributed by atoms with Crippen LogP contribution in [0.5, 0.6) is 0 Å². The van der Waals surface area contributed by atoms with Gasteiger partial charge >= 0.3 is 17.9 Å². The van der Waals surface area contributed by atoms with E-state index in [9.17, 15) is 24.3 Å². The number of ether oxygens (including phenoxy) is 2. The second-order valence-corrected chi connectivity index (χ2v) is 25.1. The molecule has 0 bridgehead atoms. The lowest BCUT2D eigenvalue weighted by Crippen LogP contribution is -2.68. The number of carboxylic acid groups (broad SMARTS) is 1. The van der Waals surface area contributed by atoms with Crippen LogP contribution in [0.15, 0.2) is 12.2 Å². The van der Waals surface area contributed by atoms with Crippen molar-refractivity contribution in [2.24, 2.45) is 91.2 Å². The minimum absolute atomic E-state index is 0.0636. The van der Waals surface area contributed by atoms with Gasteiger partial charge in [-0.25, -0.2) is 0 Å². The first-order valence-corrected chi connectivity index (χ1v) is 25.2. The van der Waals surface area contributed by atoms with Gasteiger partial charge in [-0.1, -0.05) is 74.5 Å². The third-order valence-electron chi connectivity index (χ3n) is 21.9. The van der Waals surface area contributed by atoms with Crippen LogP contribution in [-0.4, -0.2) is 71.6 Å². The highest BCUT2D eigenvalue weighted by molar-refractivity contribution is 5.86. The van der Waals surface area contributed by atoms with Crippen LogP contribution in [0, 0.1) is 91.2 Å². The molecule has 0 aromatic heterocycles. The lowest BCUT2D eigenvalue weighted by Gasteiger charge is -2.73. The lowest BCUT2D eigenvalue weighted by molar-refractivity contribution is -0.251. The van der Waals surface area contributed by atoms with Gasteiger partial charge in [0.05, 0.1) is 29.8 Å². The van der Waals surface area contributed by atoms with Crippen molar-refractivity contribution < 1.29 is 38.6 Å². The number of piperidine rings is 1. The van der Waals surface area contributed by atoms with Crippen molar-refractivity contribution in [1.29, 1.82) is 0 Å². The van der Waals surface area contributed by atoms with Crippen LogP contribution in [-0.2, 0) is 33.4 Å². The smallest absolute Gasteiger partial charge is 0.309 e. The van der Waals surface area contributed by atoms with Crippen LogP contribution in [0.25, 0.3) is 0 Å². The molecular formula is C53H82N2O8. The molecule has 0 aromatic carbocycles. The van der Waals surface area contributed by atoms with Crippen molar-refractivity contribution in [2.75, 3.05) is 19.7 Å². The van der Waals surface area contributed by atoms with Gasteiger partial charge in [0.15, 0.2) is 0 Å². The van der Waals surface area contributed by atoms with Crippen molar-refractivity contribution in [2.45, 2.75) is 178 Å². The molecule has 7 aliphatic carbocycles. The van der Waals surface area contributed by atoms with Crippen LogP contribution in [0.2, 0.25) is 0 Å². The fraction of sp³-hybridized carbons (Fsp3) is 0.868. The van der Waals surface area contributed by atoms with Gasteiger partial charge < -0.3 is 24.8 Å². The van der Waals surface area contributed by atoms with Crippen molar-refractivity contribution in [1.82, 2.24) is 10.2 Å². The summed E-state index contributed by atoms with van der Waals surface area (Å²) >= 11 is 0. The maximum atomic E-state index is 15.2. The molecule has 7 saturated carbocycles. The Labute approximate surface area is 378 Å². The van der Waals surface area contributed by atoms with Gasteiger partial charge in [-0.2, -0.15) is 0 Å². The molecule has 8 aliphatic rings. The number of nitrogens with zero attached hydrogens (tertiary/aromatic N) is 1. The molecule has 10 heteroatoms. The maximum absolute atomic E-state index is 15.2. The largest absolute Gasteiger partial charge is 0.481 e. The molecule has 1 saturated heterocycles. The minimum atomic E-state index is -0.829. The summed E-state index contributed by atoms with van der Waals surface area (Å²) in [6, 6.07) is -0.0636. The van der Waals surface area contributed by atoms with Gasteiger partial charge in [-0.05, 0) is 160 Å². The predicted octanol–water partition coefficient (Wildman–Crippen LogP) is 9.64. The summed E-state index contributed by atoms with van der Waals surface area (Å²) in [6.45, 7) is 30.6. The number of likely N-dealkylation sites (tertiary alicyclic amines) is 1. The van der Waals surface area contributed by atoms with E-state index in [1.54, 1.807) is 0 Å². The third-order valence-corrected chi connectivity index (χ3v) is 21.9. The van der Waals surface area contributed by atoms with Crippen molar-refractivity contribution in [3.63, 3.8) is 0 Å². The van der Waals surface area contributed by atoms with Crippen molar-refractivity contribution in [3.8, 4) is 0 Å². The summed E-state index contributed by atoms with van der Waals surface area (Å²) in [5.74, 6) is -0.150. The highest BCUT2D eigenvalue weighted by atomic mass is 16.5. The molecule has 0 aromatic rings. The highest BCUT2D eigenvalue weighted by Gasteiger charge is 2.72. The quantitative estimate of drug-likeness (QED) is 0.173. The Bertz CT molecular complexity index is 1900. The van der Waals surface area contributed by atoms with Crippen LogP contribution < -0.4 is 5.32 Å². The van der Waals surface area contributed by atoms with E-state index < -0.39 is 22.7 Å². The number of nitrogens with one attached hydrogen (secondary N) is 1. The maximum Gasteiger partial charge on any atom is 0.309 e. The van der Waals surface area contributed by atoms with Crippen molar-refractivity contribution in [3.05, 3.63) is 12.2 Å². The Hall–Kier alpha value is -2.91. The highest BCUT2D eigenvalue weighted by Crippen LogP contribution is 2.78. The van der Waals surface area contributed by atoms with E-state index in [0.29, 0.717) is 69.1 Å². The zero-order valence-corrected chi connectivity index (χ0v) is 40.8. The first-order chi connectivity index (χ1) is 29.3. The number of hydrogen-bond acceptors (Lipinski definition) is 7. The summed E-state index contributed by atoms with van der Waals surface area (Å²) in [5.41, 5.74) is -0.166. The van der Waals surface area contributed by atoms with E-state index in [1.165, 1.54) is 5.57 Å². The second kappa shape index (κ2) is 15.6. The number of aliphatic carboxylic acids is 1. The summed E-state index contributed by atoms with van der Waals surface area (Å²) in [4.78, 5) is 68.9. The number of rotatable bonds is 9. The van der Waals surface area contributed by atoms with E-state index in [1.807, 2.05) is 25.7 Å². The molecule has 0 spiro atoms. The fourth-order valence-corrected chi connectivity index (χ4v) is 17.4. The molecule has 2 amide bonds. The molecule has 1 heterocycles. The predicted molar refractivity (Wildman–Crippen MR) is 242 cm³/mol. The third kappa shape index (κ3) is 6.74. The Morgan fingerprint density at radius 2 is 1.38 bits per heavy atom. The van der Waals surface area contributed by atoms with E-state index in [2.05, 4.69) is 67.3 Å². The zero-order valence-electron chi connectivity index (χ0n) is 40.8.